The molecule has 5 nitrogen and oxygen atoms in total. The molecule has 1 aliphatic carbocycles. The number of allylic oxidation sites excluding steroid dienone is 1. The lowest BCUT2D eigenvalue weighted by molar-refractivity contribution is -0.136. The van der Waals surface area contributed by atoms with Gasteiger partial charge in [-0.2, -0.15) is 0 Å². The first-order valence-corrected chi connectivity index (χ1v) is 8.10. The van der Waals surface area contributed by atoms with Gasteiger partial charge in [-0.25, -0.2) is 4.79 Å². The minimum Gasteiger partial charge on any atom is -0.497 e. The van der Waals surface area contributed by atoms with Crippen molar-refractivity contribution in [3.05, 3.63) is 41.1 Å². The summed E-state index contributed by atoms with van der Waals surface area (Å²) in [5, 5.41) is 0. The molecule has 1 aromatic carbocycles. The van der Waals surface area contributed by atoms with Crippen LogP contribution in [0.3, 0.4) is 0 Å². The number of nitrogens with zero attached hydrogens (tertiary/aromatic N) is 1. The molecule has 0 spiro atoms. The van der Waals surface area contributed by atoms with Gasteiger partial charge in [0.1, 0.15) is 11.5 Å². The highest BCUT2D eigenvalue weighted by atomic mass is 16.5. The number of Topliss-reactive ketones (excluding diaryl/α,β-unsaturated/α-hetero) is 1. The van der Waals surface area contributed by atoms with Gasteiger partial charge >= 0.3 is 5.97 Å². The van der Waals surface area contributed by atoms with Crippen LogP contribution in [-0.2, 0) is 14.3 Å². The number of rotatable bonds is 3. The van der Waals surface area contributed by atoms with Crippen LogP contribution in [0.2, 0.25) is 0 Å². The van der Waals surface area contributed by atoms with Gasteiger partial charge in [0, 0.05) is 23.7 Å². The average Bonchev–Trinajstić information content (AvgIpc) is 2.60. The zero-order valence-electron chi connectivity index (χ0n) is 14.2. The van der Waals surface area contributed by atoms with Gasteiger partial charge in [-0.3, -0.25) is 9.79 Å². The van der Waals surface area contributed by atoms with E-state index in [0.29, 0.717) is 17.7 Å². The Kier molecular flexibility index (Phi) is 4.51. The van der Waals surface area contributed by atoms with Gasteiger partial charge in [0.25, 0.3) is 0 Å². The Balaban J connectivity index is 2.13. The maximum absolute atomic E-state index is 12.6. The number of aliphatic imine (C=N–C) groups is 1. The molecule has 2 unspecified atom stereocenters. The van der Waals surface area contributed by atoms with Gasteiger partial charge in [0.15, 0.2) is 0 Å². The van der Waals surface area contributed by atoms with Crippen LogP contribution in [-0.4, -0.2) is 31.7 Å². The largest absolute Gasteiger partial charge is 0.497 e. The molecule has 0 N–H and O–H groups in total. The number of hydrogen-bond donors (Lipinski definition) is 0. The van der Waals surface area contributed by atoms with Gasteiger partial charge in [-0.1, -0.05) is 12.1 Å². The van der Waals surface area contributed by atoms with Crippen molar-refractivity contribution in [2.75, 3.05) is 14.2 Å². The molecule has 0 aromatic heterocycles. The van der Waals surface area contributed by atoms with Crippen molar-refractivity contribution >= 4 is 17.5 Å². The summed E-state index contributed by atoms with van der Waals surface area (Å²) < 4.78 is 10.2. The standard InChI is InChI=1S/C19H21NO4/c1-11-16(19(22)24-3)17(12-7-9-13(23-2)10-8-12)18-14(20-11)5-4-6-15(18)21/h7-10,17-18H,4-6H2,1-3H3. The van der Waals surface area contributed by atoms with Crippen molar-refractivity contribution in [2.45, 2.75) is 32.1 Å². The minimum atomic E-state index is -0.422. The molecule has 1 fully saturated rings. The SMILES string of the molecule is COC(=O)C1=C(C)N=C2CCCC(=O)C2C1c1ccc(OC)cc1. The normalized spacial score (nSPS) is 23.5. The fourth-order valence-electron chi connectivity index (χ4n) is 3.67. The van der Waals surface area contributed by atoms with Gasteiger partial charge in [-0.05, 0) is 37.5 Å². The zero-order chi connectivity index (χ0) is 17.3. The molecule has 1 aliphatic heterocycles. The molecule has 1 heterocycles. The second-order valence-corrected chi connectivity index (χ2v) is 6.14. The highest BCUT2D eigenvalue weighted by molar-refractivity contribution is 6.11. The van der Waals surface area contributed by atoms with Gasteiger partial charge in [-0.15, -0.1) is 0 Å². The molecule has 2 atom stereocenters. The third-order valence-corrected chi connectivity index (χ3v) is 4.79. The molecule has 0 amide bonds. The second-order valence-electron chi connectivity index (χ2n) is 6.14. The molecule has 126 valence electrons. The molecular formula is C19H21NO4. The van der Waals surface area contributed by atoms with Crippen LogP contribution in [0.5, 0.6) is 5.75 Å². The molecule has 0 saturated heterocycles. The summed E-state index contributed by atoms with van der Waals surface area (Å²) >= 11 is 0. The van der Waals surface area contributed by atoms with E-state index in [4.69, 9.17) is 9.47 Å². The van der Waals surface area contributed by atoms with Crippen molar-refractivity contribution < 1.29 is 19.1 Å². The molecule has 2 aliphatic rings. The Hall–Kier alpha value is -2.43. The maximum Gasteiger partial charge on any atom is 0.336 e. The van der Waals surface area contributed by atoms with Crippen molar-refractivity contribution in [2.24, 2.45) is 10.9 Å². The van der Waals surface area contributed by atoms with Crippen LogP contribution in [0.25, 0.3) is 0 Å². The van der Waals surface area contributed by atoms with E-state index in [1.54, 1.807) is 7.11 Å². The Morgan fingerprint density at radius 2 is 1.83 bits per heavy atom. The van der Waals surface area contributed by atoms with E-state index >= 15 is 0 Å². The second kappa shape index (κ2) is 6.59. The Morgan fingerprint density at radius 3 is 2.46 bits per heavy atom. The zero-order valence-corrected chi connectivity index (χ0v) is 14.2. The van der Waals surface area contributed by atoms with Gasteiger partial charge < -0.3 is 9.47 Å². The number of ketones is 1. The first-order valence-electron chi connectivity index (χ1n) is 8.10. The first kappa shape index (κ1) is 16.4. The van der Waals surface area contributed by atoms with Crippen molar-refractivity contribution in [3.63, 3.8) is 0 Å². The van der Waals surface area contributed by atoms with E-state index in [1.165, 1.54) is 7.11 Å². The first-order chi connectivity index (χ1) is 11.6. The van der Waals surface area contributed by atoms with E-state index in [2.05, 4.69) is 4.99 Å². The van der Waals surface area contributed by atoms with E-state index in [9.17, 15) is 9.59 Å². The van der Waals surface area contributed by atoms with E-state index in [0.717, 1.165) is 29.9 Å². The van der Waals surface area contributed by atoms with Crippen LogP contribution in [0.15, 0.2) is 40.5 Å². The molecule has 24 heavy (non-hydrogen) atoms. The molecule has 0 radical (unpaired) electrons. The lowest BCUT2D eigenvalue weighted by atomic mass is 9.69. The number of ether oxygens (including phenoxy) is 2. The summed E-state index contributed by atoms with van der Waals surface area (Å²) in [6.45, 7) is 1.81. The molecule has 1 saturated carbocycles. The smallest absolute Gasteiger partial charge is 0.336 e. The lowest BCUT2D eigenvalue weighted by Crippen LogP contribution is -2.38. The summed E-state index contributed by atoms with van der Waals surface area (Å²) in [4.78, 5) is 29.6. The summed E-state index contributed by atoms with van der Waals surface area (Å²) in [6.07, 6.45) is 2.16. The van der Waals surface area contributed by atoms with Gasteiger partial charge in [0.2, 0.25) is 0 Å². The highest BCUT2D eigenvalue weighted by Gasteiger charge is 2.43. The Labute approximate surface area is 141 Å². The predicted molar refractivity (Wildman–Crippen MR) is 90.2 cm³/mol. The lowest BCUT2D eigenvalue weighted by Gasteiger charge is -2.35. The fraction of sp³-hybridized carbons (Fsp3) is 0.421. The maximum atomic E-state index is 12.6. The fourth-order valence-corrected chi connectivity index (χ4v) is 3.67. The minimum absolute atomic E-state index is 0.148. The van der Waals surface area contributed by atoms with Crippen LogP contribution in [0.4, 0.5) is 0 Å². The molecule has 1 aromatic rings. The molecule has 5 heteroatoms. The molecule has 0 bridgehead atoms. The number of esters is 1. The molecule has 3 rings (SSSR count). The van der Waals surface area contributed by atoms with Crippen molar-refractivity contribution in [1.82, 2.24) is 0 Å². The number of hydrogen-bond acceptors (Lipinski definition) is 5. The predicted octanol–water partition coefficient (Wildman–Crippen LogP) is 3.05. The van der Waals surface area contributed by atoms with Crippen LogP contribution in [0, 0.1) is 5.92 Å². The third-order valence-electron chi connectivity index (χ3n) is 4.79. The summed E-state index contributed by atoms with van der Waals surface area (Å²) in [7, 11) is 2.96. The summed E-state index contributed by atoms with van der Waals surface area (Å²) in [5.74, 6) is -0.253. The number of methoxy groups -OCH3 is 2. The van der Waals surface area contributed by atoms with E-state index in [-0.39, 0.29) is 17.6 Å². The van der Waals surface area contributed by atoms with Crippen LogP contribution < -0.4 is 4.74 Å². The summed E-state index contributed by atoms with van der Waals surface area (Å²) in [5.41, 5.74) is 2.91. The van der Waals surface area contributed by atoms with E-state index in [1.807, 2.05) is 31.2 Å². The Bertz CT molecular complexity index is 730. The van der Waals surface area contributed by atoms with Crippen LogP contribution >= 0.6 is 0 Å². The number of carbonyl (C=O) groups excluding carboxylic acids is 2. The average molecular weight is 327 g/mol. The Morgan fingerprint density at radius 1 is 1.12 bits per heavy atom. The van der Waals surface area contributed by atoms with E-state index < -0.39 is 5.97 Å². The molecular weight excluding hydrogens is 306 g/mol. The topological polar surface area (TPSA) is 65.0 Å². The van der Waals surface area contributed by atoms with Crippen molar-refractivity contribution in [1.29, 1.82) is 0 Å². The number of benzene rings is 1. The monoisotopic (exact) mass is 327 g/mol. The third kappa shape index (κ3) is 2.75. The number of carbonyl (C=O) groups is 2. The summed E-state index contributed by atoms with van der Waals surface area (Å²) in [6, 6.07) is 7.51. The van der Waals surface area contributed by atoms with Gasteiger partial charge in [0.05, 0.1) is 25.7 Å². The quantitative estimate of drug-likeness (QED) is 0.800. The number of fused-ring (bicyclic) bond motifs is 1. The van der Waals surface area contributed by atoms with Crippen molar-refractivity contribution in [3.8, 4) is 5.75 Å². The van der Waals surface area contributed by atoms with Crippen LogP contribution in [0.1, 0.15) is 37.7 Å². The highest BCUT2D eigenvalue weighted by Crippen LogP contribution is 2.43.